The first-order valence-electron chi connectivity index (χ1n) is 5.32. The average molecular weight is 228 g/mol. The molecular weight excluding hydrogens is 208 g/mol. The van der Waals surface area contributed by atoms with Crippen molar-refractivity contribution in [3.05, 3.63) is 23.8 Å². The summed E-state index contributed by atoms with van der Waals surface area (Å²) in [6, 6.07) is 5.00. The predicted octanol–water partition coefficient (Wildman–Crippen LogP) is 1.94. The Morgan fingerprint density at radius 3 is 2.50 bits per heavy atom. The van der Waals surface area contributed by atoms with Gasteiger partial charge in [0.2, 0.25) is 0 Å². The van der Waals surface area contributed by atoms with Crippen LogP contribution in [0.3, 0.4) is 0 Å². The number of aliphatic hydroxyl groups is 1. The Labute approximate surface area is 96.4 Å². The molecule has 0 spiro atoms. The minimum atomic E-state index is 0.00915. The molecule has 0 unspecified atom stereocenters. The molecule has 0 aliphatic carbocycles. The molecular formula is C12H20O4. The topological polar surface area (TPSA) is 58.9 Å². The van der Waals surface area contributed by atoms with Gasteiger partial charge in [0, 0.05) is 0 Å². The molecule has 1 aromatic carbocycles. The fourth-order valence-electron chi connectivity index (χ4n) is 1.07. The second-order valence-electron chi connectivity index (χ2n) is 2.78. The fraction of sp³-hybridized carbons (Fsp3) is 0.500. The highest BCUT2D eigenvalue weighted by molar-refractivity contribution is 5.41. The zero-order valence-electron chi connectivity index (χ0n) is 10.1. The summed E-state index contributed by atoms with van der Waals surface area (Å²) in [6.07, 6.45) is 0. The molecule has 0 saturated heterocycles. The molecule has 0 bridgehead atoms. The lowest BCUT2D eigenvalue weighted by atomic mass is 10.2. The van der Waals surface area contributed by atoms with Crippen molar-refractivity contribution in [3.8, 4) is 11.5 Å². The third-order valence-corrected chi connectivity index (χ3v) is 1.75. The van der Waals surface area contributed by atoms with Crippen molar-refractivity contribution in [1.29, 1.82) is 0 Å². The normalized spacial score (nSPS) is 9.25. The van der Waals surface area contributed by atoms with Crippen molar-refractivity contribution in [2.45, 2.75) is 20.5 Å². The van der Waals surface area contributed by atoms with E-state index in [0.717, 1.165) is 5.56 Å². The summed E-state index contributed by atoms with van der Waals surface area (Å²) >= 11 is 0. The SMILES string of the molecule is CC.COc1cc(COCCO)ccc1O. The Morgan fingerprint density at radius 1 is 1.25 bits per heavy atom. The van der Waals surface area contributed by atoms with Gasteiger partial charge in [0.1, 0.15) is 0 Å². The minimum Gasteiger partial charge on any atom is -0.504 e. The van der Waals surface area contributed by atoms with Gasteiger partial charge in [-0.3, -0.25) is 0 Å². The van der Waals surface area contributed by atoms with E-state index in [0.29, 0.717) is 19.0 Å². The van der Waals surface area contributed by atoms with Gasteiger partial charge in [-0.2, -0.15) is 0 Å². The Bertz CT molecular complexity index is 286. The molecule has 0 heterocycles. The summed E-state index contributed by atoms with van der Waals surface area (Å²) in [7, 11) is 1.49. The minimum absolute atomic E-state index is 0.00915. The molecule has 0 saturated carbocycles. The van der Waals surface area contributed by atoms with E-state index in [9.17, 15) is 5.11 Å². The van der Waals surface area contributed by atoms with E-state index in [1.165, 1.54) is 7.11 Å². The third-order valence-electron chi connectivity index (χ3n) is 1.75. The van der Waals surface area contributed by atoms with Crippen LogP contribution in [0.15, 0.2) is 18.2 Å². The number of aromatic hydroxyl groups is 1. The summed E-state index contributed by atoms with van der Waals surface area (Å²) in [5.41, 5.74) is 0.896. The van der Waals surface area contributed by atoms with E-state index in [4.69, 9.17) is 14.6 Å². The quantitative estimate of drug-likeness (QED) is 0.756. The van der Waals surface area contributed by atoms with Crippen LogP contribution in [0.1, 0.15) is 19.4 Å². The first-order valence-corrected chi connectivity index (χ1v) is 5.32. The van der Waals surface area contributed by atoms with Crippen LogP contribution in [0, 0.1) is 0 Å². The Hall–Kier alpha value is -1.26. The number of hydrogen-bond donors (Lipinski definition) is 2. The molecule has 0 amide bonds. The van der Waals surface area contributed by atoms with Gasteiger partial charge in [-0.25, -0.2) is 0 Å². The number of methoxy groups -OCH3 is 1. The van der Waals surface area contributed by atoms with Crippen LogP contribution in [0.25, 0.3) is 0 Å². The summed E-state index contributed by atoms with van der Waals surface area (Å²) in [6.45, 7) is 4.72. The molecule has 0 aromatic heterocycles. The molecule has 0 aliphatic heterocycles. The fourth-order valence-corrected chi connectivity index (χ4v) is 1.07. The van der Waals surface area contributed by atoms with E-state index < -0.39 is 0 Å². The lowest BCUT2D eigenvalue weighted by Crippen LogP contribution is -1.99. The summed E-state index contributed by atoms with van der Waals surface area (Å²) < 4.78 is 10.1. The highest BCUT2D eigenvalue weighted by Crippen LogP contribution is 2.26. The molecule has 0 atom stereocenters. The number of aliphatic hydroxyl groups excluding tert-OH is 1. The molecule has 4 heteroatoms. The molecule has 0 fully saturated rings. The standard InChI is InChI=1S/C10H14O4.C2H6/c1-13-10-6-8(2-3-9(10)12)7-14-5-4-11;1-2/h2-3,6,11-12H,4-5,7H2,1H3;1-2H3. The molecule has 1 rings (SSSR count). The third kappa shape index (κ3) is 5.00. The highest BCUT2D eigenvalue weighted by atomic mass is 16.5. The maximum absolute atomic E-state index is 9.30. The molecule has 2 N–H and O–H groups in total. The lowest BCUT2D eigenvalue weighted by Gasteiger charge is -2.06. The second kappa shape index (κ2) is 9.00. The second-order valence-corrected chi connectivity index (χ2v) is 2.78. The van der Waals surface area contributed by atoms with E-state index in [2.05, 4.69) is 0 Å². The molecule has 0 aliphatic rings. The lowest BCUT2D eigenvalue weighted by molar-refractivity contribution is 0.0814. The van der Waals surface area contributed by atoms with Crippen molar-refractivity contribution in [2.24, 2.45) is 0 Å². The van der Waals surface area contributed by atoms with E-state index in [1.54, 1.807) is 18.2 Å². The van der Waals surface area contributed by atoms with Crippen LogP contribution in [0.4, 0.5) is 0 Å². The van der Waals surface area contributed by atoms with Gasteiger partial charge in [-0.1, -0.05) is 19.9 Å². The summed E-state index contributed by atoms with van der Waals surface area (Å²) in [5, 5.41) is 17.8. The zero-order chi connectivity index (χ0) is 12.4. The number of phenols is 1. The van der Waals surface area contributed by atoms with Crippen molar-refractivity contribution in [2.75, 3.05) is 20.3 Å². The van der Waals surface area contributed by atoms with Gasteiger partial charge >= 0.3 is 0 Å². The van der Waals surface area contributed by atoms with Crippen molar-refractivity contribution < 1.29 is 19.7 Å². The number of benzene rings is 1. The van der Waals surface area contributed by atoms with Gasteiger partial charge < -0.3 is 19.7 Å². The van der Waals surface area contributed by atoms with E-state index in [-0.39, 0.29) is 12.4 Å². The number of hydrogen-bond acceptors (Lipinski definition) is 4. The van der Waals surface area contributed by atoms with Crippen LogP contribution in [0.5, 0.6) is 11.5 Å². The molecule has 92 valence electrons. The highest BCUT2D eigenvalue weighted by Gasteiger charge is 2.02. The largest absolute Gasteiger partial charge is 0.504 e. The Kier molecular flexibility index (Phi) is 8.29. The monoisotopic (exact) mass is 228 g/mol. The van der Waals surface area contributed by atoms with Gasteiger partial charge in [-0.15, -0.1) is 0 Å². The van der Waals surface area contributed by atoms with E-state index >= 15 is 0 Å². The Morgan fingerprint density at radius 2 is 1.94 bits per heavy atom. The van der Waals surface area contributed by atoms with Crippen molar-refractivity contribution in [3.63, 3.8) is 0 Å². The van der Waals surface area contributed by atoms with Gasteiger partial charge in [-0.05, 0) is 17.7 Å². The summed E-state index contributed by atoms with van der Waals surface area (Å²) in [5.74, 6) is 0.536. The van der Waals surface area contributed by atoms with Crippen LogP contribution >= 0.6 is 0 Å². The van der Waals surface area contributed by atoms with Crippen molar-refractivity contribution >= 4 is 0 Å². The number of rotatable bonds is 5. The zero-order valence-corrected chi connectivity index (χ0v) is 10.1. The maximum atomic E-state index is 9.30. The molecule has 16 heavy (non-hydrogen) atoms. The Balaban J connectivity index is 0.00000106. The number of phenolic OH excluding ortho intramolecular Hbond substituents is 1. The number of ether oxygens (including phenoxy) is 2. The maximum Gasteiger partial charge on any atom is 0.160 e. The molecule has 1 aromatic rings. The average Bonchev–Trinajstić information content (AvgIpc) is 2.34. The van der Waals surface area contributed by atoms with Crippen molar-refractivity contribution in [1.82, 2.24) is 0 Å². The molecule has 4 nitrogen and oxygen atoms in total. The predicted molar refractivity (Wildman–Crippen MR) is 62.7 cm³/mol. The van der Waals surface area contributed by atoms with Crippen LogP contribution < -0.4 is 4.74 Å². The van der Waals surface area contributed by atoms with Crippen LogP contribution in [-0.2, 0) is 11.3 Å². The van der Waals surface area contributed by atoms with Gasteiger partial charge in [0.15, 0.2) is 11.5 Å². The smallest absolute Gasteiger partial charge is 0.160 e. The van der Waals surface area contributed by atoms with Crippen LogP contribution in [-0.4, -0.2) is 30.5 Å². The summed E-state index contributed by atoms with van der Waals surface area (Å²) in [4.78, 5) is 0. The molecule has 0 radical (unpaired) electrons. The van der Waals surface area contributed by atoms with Crippen LogP contribution in [0.2, 0.25) is 0 Å². The van der Waals surface area contributed by atoms with E-state index in [1.807, 2.05) is 13.8 Å². The first kappa shape index (κ1) is 14.7. The van der Waals surface area contributed by atoms with Gasteiger partial charge in [0.25, 0.3) is 0 Å². The van der Waals surface area contributed by atoms with Gasteiger partial charge in [0.05, 0.1) is 26.9 Å². The first-order chi connectivity index (χ1) is 7.77.